The van der Waals surface area contributed by atoms with E-state index >= 15 is 0 Å². The first kappa shape index (κ1) is 15.9. The van der Waals surface area contributed by atoms with Gasteiger partial charge in [-0.2, -0.15) is 5.26 Å². The van der Waals surface area contributed by atoms with Crippen LogP contribution in [0.5, 0.6) is 0 Å². The zero-order chi connectivity index (χ0) is 17.6. The number of rotatable bonds is 1. The average Bonchev–Trinajstić information content (AvgIpc) is 2.63. The molecule has 1 heterocycles. The highest BCUT2D eigenvalue weighted by Gasteiger charge is 2.35. The highest BCUT2D eigenvalue weighted by molar-refractivity contribution is 9.10. The van der Waals surface area contributed by atoms with Crippen LogP contribution >= 0.6 is 15.9 Å². The summed E-state index contributed by atoms with van der Waals surface area (Å²) in [5.74, 6) is 0.181. The number of benzene rings is 2. The summed E-state index contributed by atoms with van der Waals surface area (Å²) in [7, 11) is 0. The summed E-state index contributed by atoms with van der Waals surface area (Å²) >= 11 is 3.23. The van der Waals surface area contributed by atoms with Gasteiger partial charge in [0.05, 0.1) is 4.47 Å². The SMILES string of the molecule is N#CC1=C(N)OC2=C(CCc3ccccc32)C1c1ccc(F)c(Br)c1. The number of fused-ring (bicyclic) bond motifs is 2. The van der Waals surface area contributed by atoms with Gasteiger partial charge in [0, 0.05) is 11.5 Å². The lowest BCUT2D eigenvalue weighted by molar-refractivity contribution is 0.349. The van der Waals surface area contributed by atoms with E-state index in [1.54, 1.807) is 12.1 Å². The minimum absolute atomic E-state index is 0.114. The third-order valence-corrected chi connectivity index (χ3v) is 5.34. The molecule has 25 heavy (non-hydrogen) atoms. The zero-order valence-electron chi connectivity index (χ0n) is 13.2. The number of halogens is 2. The van der Waals surface area contributed by atoms with E-state index in [1.165, 1.54) is 11.6 Å². The topological polar surface area (TPSA) is 59.0 Å². The van der Waals surface area contributed by atoms with Gasteiger partial charge in [-0.15, -0.1) is 0 Å². The number of allylic oxidation sites excluding steroid dienone is 2. The number of ether oxygens (including phenoxy) is 1. The molecule has 2 aromatic rings. The second kappa shape index (κ2) is 6.05. The van der Waals surface area contributed by atoms with Crippen molar-refractivity contribution in [3.63, 3.8) is 0 Å². The molecule has 1 aliphatic heterocycles. The molecule has 0 fully saturated rings. The van der Waals surface area contributed by atoms with Gasteiger partial charge in [-0.05, 0) is 57.6 Å². The third kappa shape index (κ3) is 2.54. The van der Waals surface area contributed by atoms with Crippen LogP contribution in [-0.2, 0) is 11.2 Å². The number of hydrogen-bond acceptors (Lipinski definition) is 3. The number of hydrogen-bond donors (Lipinski definition) is 1. The molecule has 1 aliphatic carbocycles. The Morgan fingerprint density at radius 2 is 2.00 bits per heavy atom. The molecular formula is C20H14BrFN2O. The van der Waals surface area contributed by atoms with Gasteiger partial charge in [0.15, 0.2) is 0 Å². The van der Waals surface area contributed by atoms with E-state index in [0.717, 1.165) is 35.3 Å². The lowest BCUT2D eigenvalue weighted by Crippen LogP contribution is -2.23. The van der Waals surface area contributed by atoms with Gasteiger partial charge in [0.1, 0.15) is 23.2 Å². The van der Waals surface area contributed by atoms with Gasteiger partial charge >= 0.3 is 0 Å². The fourth-order valence-corrected chi connectivity index (χ4v) is 3.97. The van der Waals surface area contributed by atoms with Crippen molar-refractivity contribution in [3.05, 3.63) is 86.5 Å². The largest absolute Gasteiger partial charge is 0.440 e. The third-order valence-electron chi connectivity index (χ3n) is 4.73. The quantitative estimate of drug-likeness (QED) is 0.756. The smallest absolute Gasteiger partial charge is 0.205 e. The molecule has 2 N–H and O–H groups in total. The molecule has 4 rings (SSSR count). The van der Waals surface area contributed by atoms with Crippen LogP contribution in [-0.4, -0.2) is 0 Å². The van der Waals surface area contributed by atoms with Crippen molar-refractivity contribution in [1.29, 1.82) is 5.26 Å². The first-order chi connectivity index (χ1) is 12.1. The summed E-state index contributed by atoms with van der Waals surface area (Å²) in [5.41, 5.74) is 10.5. The molecule has 0 bridgehead atoms. The predicted molar refractivity (Wildman–Crippen MR) is 96.4 cm³/mol. The molecule has 2 aromatic carbocycles. The Labute approximate surface area is 153 Å². The fraction of sp³-hybridized carbons (Fsp3) is 0.150. The standard InChI is InChI=1S/C20H14BrFN2O/c21-16-9-12(6-8-17(16)22)18-14-7-5-11-3-1-2-4-13(11)19(14)25-20(24)15(18)10-23/h1-4,6,8-9,18H,5,7,24H2. The molecule has 1 unspecified atom stereocenters. The Kier molecular flexibility index (Phi) is 3.85. The number of nitrogens with zero attached hydrogens (tertiary/aromatic N) is 1. The number of nitrogens with two attached hydrogens (primary N) is 1. The molecule has 124 valence electrons. The van der Waals surface area contributed by atoms with Crippen molar-refractivity contribution < 1.29 is 9.13 Å². The Balaban J connectivity index is 1.93. The van der Waals surface area contributed by atoms with Crippen molar-refractivity contribution in [2.24, 2.45) is 5.73 Å². The molecule has 0 aromatic heterocycles. The monoisotopic (exact) mass is 396 g/mol. The average molecular weight is 397 g/mol. The molecule has 0 saturated heterocycles. The van der Waals surface area contributed by atoms with Crippen molar-refractivity contribution in [1.82, 2.24) is 0 Å². The Morgan fingerprint density at radius 3 is 2.76 bits per heavy atom. The Hall–Kier alpha value is -2.58. The molecule has 0 saturated carbocycles. The Morgan fingerprint density at radius 1 is 1.20 bits per heavy atom. The molecule has 3 nitrogen and oxygen atoms in total. The van der Waals surface area contributed by atoms with Gasteiger partial charge in [0.25, 0.3) is 0 Å². The van der Waals surface area contributed by atoms with Crippen LogP contribution in [0.1, 0.15) is 29.0 Å². The van der Waals surface area contributed by atoms with Crippen molar-refractivity contribution >= 4 is 21.7 Å². The lowest BCUT2D eigenvalue weighted by Gasteiger charge is -2.33. The first-order valence-electron chi connectivity index (χ1n) is 7.94. The first-order valence-corrected chi connectivity index (χ1v) is 8.73. The second-order valence-corrected chi connectivity index (χ2v) is 6.96. The molecule has 0 radical (unpaired) electrons. The van der Waals surface area contributed by atoms with Gasteiger partial charge < -0.3 is 10.5 Å². The minimum Gasteiger partial charge on any atom is -0.440 e. The highest BCUT2D eigenvalue weighted by atomic mass is 79.9. The summed E-state index contributed by atoms with van der Waals surface area (Å²) in [5, 5.41) is 9.63. The van der Waals surface area contributed by atoms with Crippen LogP contribution in [0.2, 0.25) is 0 Å². The van der Waals surface area contributed by atoms with Crippen molar-refractivity contribution in [2.45, 2.75) is 18.8 Å². The summed E-state index contributed by atoms with van der Waals surface area (Å²) in [6, 6.07) is 15.0. The van der Waals surface area contributed by atoms with E-state index in [0.29, 0.717) is 10.0 Å². The second-order valence-electron chi connectivity index (χ2n) is 6.11. The fourth-order valence-electron chi connectivity index (χ4n) is 3.57. The van der Waals surface area contributed by atoms with Crippen LogP contribution in [0.25, 0.3) is 5.76 Å². The van der Waals surface area contributed by atoms with E-state index < -0.39 is 0 Å². The van der Waals surface area contributed by atoms with E-state index in [1.807, 2.05) is 18.2 Å². The number of aryl methyl sites for hydroxylation is 1. The van der Waals surface area contributed by atoms with E-state index in [9.17, 15) is 9.65 Å². The van der Waals surface area contributed by atoms with Crippen LogP contribution in [0.4, 0.5) is 4.39 Å². The molecule has 1 atom stereocenters. The lowest BCUT2D eigenvalue weighted by atomic mass is 9.76. The highest BCUT2D eigenvalue weighted by Crippen LogP contribution is 2.47. The molecule has 2 aliphatic rings. The maximum atomic E-state index is 13.7. The summed E-state index contributed by atoms with van der Waals surface area (Å²) in [6.07, 6.45) is 1.64. The predicted octanol–water partition coefficient (Wildman–Crippen LogP) is 4.75. The van der Waals surface area contributed by atoms with Gasteiger partial charge in [-0.3, -0.25) is 0 Å². The van der Waals surface area contributed by atoms with Crippen LogP contribution < -0.4 is 5.73 Å². The van der Waals surface area contributed by atoms with Crippen LogP contribution in [0, 0.1) is 17.1 Å². The Bertz CT molecular complexity index is 987. The number of nitriles is 1. The van der Waals surface area contributed by atoms with Gasteiger partial charge in [0.2, 0.25) is 5.88 Å². The summed E-state index contributed by atoms with van der Waals surface area (Å²) in [6.45, 7) is 0. The summed E-state index contributed by atoms with van der Waals surface area (Å²) in [4.78, 5) is 0. The summed E-state index contributed by atoms with van der Waals surface area (Å²) < 4.78 is 19.9. The maximum absolute atomic E-state index is 13.7. The maximum Gasteiger partial charge on any atom is 0.205 e. The normalized spacial score (nSPS) is 19.0. The van der Waals surface area contributed by atoms with E-state index in [4.69, 9.17) is 10.5 Å². The van der Waals surface area contributed by atoms with Crippen molar-refractivity contribution in [3.8, 4) is 6.07 Å². The molecule has 0 spiro atoms. The van der Waals surface area contributed by atoms with Crippen LogP contribution in [0.3, 0.4) is 0 Å². The van der Waals surface area contributed by atoms with Gasteiger partial charge in [-0.25, -0.2) is 4.39 Å². The van der Waals surface area contributed by atoms with Gasteiger partial charge in [-0.1, -0.05) is 30.3 Å². The molecule has 0 amide bonds. The minimum atomic E-state index is -0.338. The van der Waals surface area contributed by atoms with E-state index in [-0.39, 0.29) is 17.6 Å². The van der Waals surface area contributed by atoms with Crippen LogP contribution in [0.15, 0.2) is 64.0 Å². The molecule has 5 heteroatoms. The zero-order valence-corrected chi connectivity index (χ0v) is 14.8. The van der Waals surface area contributed by atoms with E-state index in [2.05, 4.69) is 28.1 Å². The molecular weight excluding hydrogens is 383 g/mol. The van der Waals surface area contributed by atoms with Crippen molar-refractivity contribution in [2.75, 3.05) is 0 Å².